The fourth-order valence-corrected chi connectivity index (χ4v) is 2.44. The summed E-state index contributed by atoms with van der Waals surface area (Å²) in [6, 6.07) is 7.26. The van der Waals surface area contributed by atoms with Crippen LogP contribution in [0.25, 0.3) is 0 Å². The van der Waals surface area contributed by atoms with Crippen LogP contribution in [0.2, 0.25) is 0 Å². The van der Waals surface area contributed by atoms with Gasteiger partial charge in [-0.25, -0.2) is 5.10 Å². The molecule has 0 aliphatic rings. The van der Waals surface area contributed by atoms with Crippen LogP contribution in [0.5, 0.6) is 0 Å². The molecule has 3 N–H and O–H groups in total. The summed E-state index contributed by atoms with van der Waals surface area (Å²) < 4.78 is 0.945. The maximum absolute atomic E-state index is 12.1. The van der Waals surface area contributed by atoms with E-state index in [2.05, 4.69) is 31.1 Å². The fraction of sp³-hybridized carbons (Fsp3) is 0.182. The second kappa shape index (κ2) is 5.53. The minimum Gasteiger partial charge on any atom is -0.368 e. The number of nitrogens with two attached hydrogens (primary N) is 1. The van der Waals surface area contributed by atoms with E-state index in [4.69, 9.17) is 5.73 Å². The molecule has 1 heterocycles. The summed E-state index contributed by atoms with van der Waals surface area (Å²) in [5.74, 6) is 0.289. The minimum atomic E-state index is -0.263. The monoisotopic (exact) mass is 326 g/mol. The molecular formula is C11H11BrN4OS. The first-order valence-electron chi connectivity index (χ1n) is 5.20. The molecule has 7 heteroatoms. The van der Waals surface area contributed by atoms with Gasteiger partial charge in [0, 0.05) is 10.0 Å². The van der Waals surface area contributed by atoms with E-state index >= 15 is 0 Å². The summed E-state index contributed by atoms with van der Waals surface area (Å²) in [5.41, 5.74) is 6.09. The second-order valence-electron chi connectivity index (χ2n) is 3.63. The number of carbonyl (C=O) groups excluding carboxylic acids is 1. The molecule has 0 fully saturated rings. The van der Waals surface area contributed by atoms with Crippen molar-refractivity contribution in [2.45, 2.75) is 17.3 Å². The predicted octanol–water partition coefficient (Wildman–Crippen LogP) is 2.51. The van der Waals surface area contributed by atoms with E-state index in [-0.39, 0.29) is 17.0 Å². The van der Waals surface area contributed by atoms with E-state index in [1.807, 2.05) is 19.1 Å². The maximum atomic E-state index is 12.1. The smallest absolute Gasteiger partial charge is 0.216 e. The Balaban J connectivity index is 2.07. The Labute approximate surface area is 117 Å². The number of carbonyl (C=O) groups is 1. The third-order valence-electron chi connectivity index (χ3n) is 2.26. The number of halogens is 1. The molecule has 0 aliphatic heterocycles. The van der Waals surface area contributed by atoms with Crippen molar-refractivity contribution in [3.05, 3.63) is 34.3 Å². The number of hydrogen-bond acceptors (Lipinski definition) is 5. The lowest BCUT2D eigenvalue weighted by atomic mass is 10.1. The molecule has 2 aromatic rings. The number of ketones is 1. The summed E-state index contributed by atoms with van der Waals surface area (Å²) in [4.78, 5) is 16.1. The molecule has 1 atom stereocenters. The first-order chi connectivity index (χ1) is 8.56. The van der Waals surface area contributed by atoms with Crippen LogP contribution in [-0.4, -0.2) is 26.2 Å². The van der Waals surface area contributed by atoms with Crippen molar-refractivity contribution in [2.24, 2.45) is 0 Å². The van der Waals surface area contributed by atoms with Gasteiger partial charge in [-0.1, -0.05) is 39.8 Å². The number of nitrogen functional groups attached to an aromatic ring is 1. The SMILES string of the molecule is C[C@@H](Sc1n[nH]c(N)n1)C(=O)c1ccc(Br)cc1. The number of thioether (sulfide) groups is 1. The lowest BCUT2D eigenvalue weighted by molar-refractivity contribution is 0.0994. The van der Waals surface area contributed by atoms with E-state index in [9.17, 15) is 4.79 Å². The third-order valence-corrected chi connectivity index (χ3v) is 3.75. The molecule has 0 radical (unpaired) electrons. The quantitative estimate of drug-likeness (QED) is 0.666. The van der Waals surface area contributed by atoms with Gasteiger partial charge in [-0.2, -0.15) is 4.98 Å². The zero-order valence-corrected chi connectivity index (χ0v) is 12.0. The van der Waals surface area contributed by atoms with Crippen molar-refractivity contribution in [3.63, 3.8) is 0 Å². The van der Waals surface area contributed by atoms with Crippen LogP contribution in [-0.2, 0) is 0 Å². The van der Waals surface area contributed by atoms with Crippen molar-refractivity contribution < 1.29 is 4.79 Å². The minimum absolute atomic E-state index is 0.0378. The highest BCUT2D eigenvalue weighted by Crippen LogP contribution is 2.23. The summed E-state index contributed by atoms with van der Waals surface area (Å²) in [6.07, 6.45) is 0. The molecule has 0 aliphatic carbocycles. The zero-order chi connectivity index (χ0) is 13.1. The van der Waals surface area contributed by atoms with Gasteiger partial charge in [-0.3, -0.25) is 4.79 Å². The van der Waals surface area contributed by atoms with Crippen LogP contribution >= 0.6 is 27.7 Å². The van der Waals surface area contributed by atoms with E-state index in [1.165, 1.54) is 11.8 Å². The molecule has 0 bridgehead atoms. The number of benzene rings is 1. The van der Waals surface area contributed by atoms with Gasteiger partial charge >= 0.3 is 0 Å². The zero-order valence-electron chi connectivity index (χ0n) is 9.55. The molecule has 5 nitrogen and oxygen atoms in total. The topological polar surface area (TPSA) is 84.7 Å². The lowest BCUT2D eigenvalue weighted by Crippen LogP contribution is -2.13. The number of Topliss-reactive ketones (excluding diaryl/α,β-unsaturated/α-hetero) is 1. The molecule has 1 aromatic heterocycles. The summed E-state index contributed by atoms with van der Waals surface area (Å²) in [6.45, 7) is 1.82. The Hall–Kier alpha value is -1.34. The number of aromatic nitrogens is 3. The van der Waals surface area contributed by atoms with Crippen LogP contribution in [0.1, 0.15) is 17.3 Å². The Morgan fingerprint density at radius 3 is 2.67 bits per heavy atom. The van der Waals surface area contributed by atoms with Crippen LogP contribution in [0, 0.1) is 0 Å². The summed E-state index contributed by atoms with van der Waals surface area (Å²) in [7, 11) is 0. The normalized spacial score (nSPS) is 12.3. The highest BCUT2D eigenvalue weighted by Gasteiger charge is 2.18. The Morgan fingerprint density at radius 1 is 1.44 bits per heavy atom. The molecule has 18 heavy (non-hydrogen) atoms. The Kier molecular flexibility index (Phi) is 4.03. The van der Waals surface area contributed by atoms with Gasteiger partial charge in [0.1, 0.15) is 0 Å². The van der Waals surface area contributed by atoms with Crippen LogP contribution in [0.4, 0.5) is 5.95 Å². The summed E-state index contributed by atoms with van der Waals surface area (Å²) in [5, 5.41) is 6.64. The molecule has 1 aromatic carbocycles. The van der Waals surface area contributed by atoms with Gasteiger partial charge < -0.3 is 5.73 Å². The highest BCUT2D eigenvalue weighted by molar-refractivity contribution is 9.10. The summed E-state index contributed by atoms with van der Waals surface area (Å²) >= 11 is 4.61. The van der Waals surface area contributed by atoms with Crippen LogP contribution < -0.4 is 5.73 Å². The van der Waals surface area contributed by atoms with Crippen molar-refractivity contribution in [2.75, 3.05) is 5.73 Å². The van der Waals surface area contributed by atoms with Gasteiger partial charge in [0.05, 0.1) is 5.25 Å². The van der Waals surface area contributed by atoms with Crippen molar-refractivity contribution in [1.29, 1.82) is 0 Å². The number of H-pyrrole nitrogens is 1. The first-order valence-corrected chi connectivity index (χ1v) is 6.88. The number of rotatable bonds is 4. The number of aromatic amines is 1. The number of anilines is 1. The van der Waals surface area contributed by atoms with Crippen molar-refractivity contribution in [3.8, 4) is 0 Å². The van der Waals surface area contributed by atoms with Gasteiger partial charge in [0.15, 0.2) is 5.78 Å². The molecule has 0 saturated carbocycles. The third kappa shape index (κ3) is 3.11. The van der Waals surface area contributed by atoms with E-state index < -0.39 is 0 Å². The first kappa shape index (κ1) is 13.1. The Morgan fingerprint density at radius 2 is 2.11 bits per heavy atom. The van der Waals surface area contributed by atoms with Gasteiger partial charge in [0.2, 0.25) is 11.1 Å². The molecule has 0 saturated heterocycles. The van der Waals surface area contributed by atoms with Crippen LogP contribution in [0.15, 0.2) is 33.9 Å². The van der Waals surface area contributed by atoms with Gasteiger partial charge in [0.25, 0.3) is 0 Å². The van der Waals surface area contributed by atoms with Crippen LogP contribution in [0.3, 0.4) is 0 Å². The number of nitrogens with zero attached hydrogens (tertiary/aromatic N) is 2. The van der Waals surface area contributed by atoms with E-state index in [1.54, 1.807) is 12.1 Å². The number of hydrogen-bond donors (Lipinski definition) is 2. The standard InChI is InChI=1S/C11H11BrN4OS/c1-6(18-11-14-10(13)15-16-11)9(17)7-2-4-8(12)5-3-7/h2-6H,1H3,(H3,13,14,15,16)/t6-/m1/s1. The van der Waals surface area contributed by atoms with E-state index in [0.717, 1.165) is 4.47 Å². The average Bonchev–Trinajstić information content (AvgIpc) is 2.75. The Bertz CT molecular complexity index is 554. The fourth-order valence-electron chi connectivity index (χ4n) is 1.37. The molecule has 0 amide bonds. The lowest BCUT2D eigenvalue weighted by Gasteiger charge is -2.07. The van der Waals surface area contributed by atoms with Crippen molar-refractivity contribution >= 4 is 39.4 Å². The number of nitrogens with one attached hydrogen (secondary N) is 1. The molecule has 0 spiro atoms. The molecular weight excluding hydrogens is 316 g/mol. The van der Waals surface area contributed by atoms with Gasteiger partial charge in [-0.05, 0) is 19.1 Å². The largest absolute Gasteiger partial charge is 0.368 e. The highest BCUT2D eigenvalue weighted by atomic mass is 79.9. The van der Waals surface area contributed by atoms with Crippen molar-refractivity contribution in [1.82, 2.24) is 15.2 Å². The van der Waals surface area contributed by atoms with Gasteiger partial charge in [-0.15, -0.1) is 5.10 Å². The predicted molar refractivity (Wildman–Crippen MR) is 74.6 cm³/mol. The second-order valence-corrected chi connectivity index (χ2v) is 5.86. The van der Waals surface area contributed by atoms with E-state index in [0.29, 0.717) is 10.7 Å². The molecule has 0 unspecified atom stereocenters. The average molecular weight is 327 g/mol. The molecule has 2 rings (SSSR count). The molecule has 94 valence electrons. The maximum Gasteiger partial charge on any atom is 0.216 e.